The quantitative estimate of drug-likeness (QED) is 0.923. The predicted octanol–water partition coefficient (Wildman–Crippen LogP) is 2.21. The second-order valence-corrected chi connectivity index (χ2v) is 4.78. The number of benzene rings is 1. The number of rotatable bonds is 3. The number of urea groups is 1. The summed E-state index contributed by atoms with van der Waals surface area (Å²) < 4.78 is 27.4. The van der Waals surface area contributed by atoms with Crippen LogP contribution in [0.4, 0.5) is 19.3 Å². The zero-order valence-corrected chi connectivity index (χ0v) is 11.5. The molecule has 1 aliphatic rings. The Balaban J connectivity index is 1.96. The maximum Gasteiger partial charge on any atom is 0.317 e. The van der Waals surface area contributed by atoms with Gasteiger partial charge in [-0.2, -0.15) is 0 Å². The number of hydrogen-bond donors (Lipinski definition) is 1. The summed E-state index contributed by atoms with van der Waals surface area (Å²) in [6.07, 6.45) is 0.881. The van der Waals surface area contributed by atoms with Crippen LogP contribution in [0.25, 0.3) is 0 Å². The molecule has 6 heteroatoms. The standard InChI is InChI=1S/C14H19F2N3O/c1-2-6-17-14(20)19-9-7-18(8-10-19)13-11(15)4-3-5-12(13)16/h3-5H,2,6-10H2,1H3,(H,17,20). The van der Waals surface area contributed by atoms with Crippen LogP contribution in [0.1, 0.15) is 13.3 Å². The molecule has 0 aromatic heterocycles. The molecule has 2 rings (SSSR count). The second kappa shape index (κ2) is 6.54. The molecule has 0 spiro atoms. The topological polar surface area (TPSA) is 35.6 Å². The summed E-state index contributed by atoms with van der Waals surface area (Å²) in [5, 5.41) is 2.80. The summed E-state index contributed by atoms with van der Waals surface area (Å²) in [4.78, 5) is 15.1. The number of hydrogen-bond acceptors (Lipinski definition) is 2. The number of nitrogens with one attached hydrogen (secondary N) is 1. The Bertz CT molecular complexity index is 453. The van der Waals surface area contributed by atoms with Gasteiger partial charge in [0, 0.05) is 32.7 Å². The molecule has 0 saturated carbocycles. The van der Waals surface area contributed by atoms with Gasteiger partial charge in [0.2, 0.25) is 0 Å². The molecule has 20 heavy (non-hydrogen) atoms. The van der Waals surface area contributed by atoms with E-state index in [4.69, 9.17) is 0 Å². The molecule has 1 aliphatic heterocycles. The Hall–Kier alpha value is -1.85. The predicted molar refractivity (Wildman–Crippen MR) is 73.8 cm³/mol. The van der Waals surface area contributed by atoms with Gasteiger partial charge in [-0.15, -0.1) is 0 Å². The first-order chi connectivity index (χ1) is 9.63. The van der Waals surface area contributed by atoms with E-state index in [0.717, 1.165) is 6.42 Å². The third-order valence-corrected chi connectivity index (χ3v) is 3.35. The van der Waals surface area contributed by atoms with Crippen molar-refractivity contribution in [2.75, 3.05) is 37.6 Å². The Kier molecular flexibility index (Phi) is 4.76. The molecule has 1 heterocycles. The highest BCUT2D eigenvalue weighted by molar-refractivity contribution is 5.74. The first-order valence-electron chi connectivity index (χ1n) is 6.85. The largest absolute Gasteiger partial charge is 0.363 e. The van der Waals surface area contributed by atoms with Gasteiger partial charge in [0.1, 0.15) is 17.3 Å². The Morgan fingerprint density at radius 3 is 2.35 bits per heavy atom. The molecule has 4 nitrogen and oxygen atoms in total. The second-order valence-electron chi connectivity index (χ2n) is 4.78. The summed E-state index contributed by atoms with van der Waals surface area (Å²) in [6.45, 7) is 4.40. The molecule has 1 N–H and O–H groups in total. The third kappa shape index (κ3) is 3.18. The number of nitrogens with zero attached hydrogens (tertiary/aromatic N) is 2. The van der Waals surface area contributed by atoms with E-state index in [9.17, 15) is 13.6 Å². The first kappa shape index (κ1) is 14.6. The van der Waals surface area contributed by atoms with Crippen LogP contribution in [0.5, 0.6) is 0 Å². The lowest BCUT2D eigenvalue weighted by molar-refractivity contribution is 0.194. The van der Waals surface area contributed by atoms with Crippen molar-refractivity contribution in [1.29, 1.82) is 0 Å². The number of anilines is 1. The summed E-state index contributed by atoms with van der Waals surface area (Å²) >= 11 is 0. The van der Waals surface area contributed by atoms with E-state index in [1.54, 1.807) is 9.80 Å². The molecule has 0 radical (unpaired) electrons. The number of carbonyl (C=O) groups excluding carboxylic acids is 1. The van der Waals surface area contributed by atoms with Crippen molar-refractivity contribution in [1.82, 2.24) is 10.2 Å². The van der Waals surface area contributed by atoms with Crippen LogP contribution in [0.2, 0.25) is 0 Å². The van der Waals surface area contributed by atoms with Crippen LogP contribution in [-0.2, 0) is 0 Å². The Morgan fingerprint density at radius 2 is 1.80 bits per heavy atom. The number of para-hydroxylation sites is 1. The van der Waals surface area contributed by atoms with Crippen molar-refractivity contribution in [2.45, 2.75) is 13.3 Å². The highest BCUT2D eigenvalue weighted by Crippen LogP contribution is 2.24. The maximum atomic E-state index is 13.7. The van der Waals surface area contributed by atoms with Gasteiger partial charge in [-0.05, 0) is 18.6 Å². The molecule has 1 aromatic rings. The van der Waals surface area contributed by atoms with E-state index >= 15 is 0 Å². The first-order valence-corrected chi connectivity index (χ1v) is 6.85. The summed E-state index contributed by atoms with van der Waals surface area (Å²) in [7, 11) is 0. The van der Waals surface area contributed by atoms with Crippen molar-refractivity contribution < 1.29 is 13.6 Å². The van der Waals surface area contributed by atoms with Crippen LogP contribution in [0.15, 0.2) is 18.2 Å². The molecule has 2 amide bonds. The van der Waals surface area contributed by atoms with Crippen LogP contribution in [0.3, 0.4) is 0 Å². The molecule has 0 aliphatic carbocycles. The minimum atomic E-state index is -0.561. The highest BCUT2D eigenvalue weighted by Gasteiger charge is 2.24. The fraction of sp³-hybridized carbons (Fsp3) is 0.500. The average Bonchev–Trinajstić information content (AvgIpc) is 2.45. The fourth-order valence-corrected chi connectivity index (χ4v) is 2.27. The lowest BCUT2D eigenvalue weighted by Crippen LogP contribution is -2.52. The SMILES string of the molecule is CCCNC(=O)N1CCN(c2c(F)cccc2F)CC1. The molecule has 0 bridgehead atoms. The highest BCUT2D eigenvalue weighted by atomic mass is 19.1. The lowest BCUT2D eigenvalue weighted by Gasteiger charge is -2.36. The summed E-state index contributed by atoms with van der Waals surface area (Å²) in [6, 6.07) is 3.74. The van der Waals surface area contributed by atoms with E-state index in [1.807, 2.05) is 6.92 Å². The molecule has 1 saturated heterocycles. The monoisotopic (exact) mass is 283 g/mol. The van der Waals surface area contributed by atoms with Crippen LogP contribution >= 0.6 is 0 Å². The fourth-order valence-electron chi connectivity index (χ4n) is 2.27. The van der Waals surface area contributed by atoms with Crippen LogP contribution in [-0.4, -0.2) is 43.7 Å². The molecule has 0 atom stereocenters. The van der Waals surface area contributed by atoms with Gasteiger partial charge >= 0.3 is 6.03 Å². The lowest BCUT2D eigenvalue weighted by atomic mass is 10.2. The van der Waals surface area contributed by atoms with E-state index in [1.165, 1.54) is 18.2 Å². The minimum absolute atomic E-state index is 0.00103. The minimum Gasteiger partial charge on any atom is -0.363 e. The van der Waals surface area contributed by atoms with E-state index < -0.39 is 11.6 Å². The van der Waals surface area contributed by atoms with Gasteiger partial charge in [-0.25, -0.2) is 13.6 Å². The van der Waals surface area contributed by atoms with Gasteiger partial charge in [0.15, 0.2) is 0 Å². The Morgan fingerprint density at radius 1 is 1.20 bits per heavy atom. The maximum absolute atomic E-state index is 13.7. The van der Waals surface area contributed by atoms with Crippen LogP contribution in [0, 0.1) is 11.6 Å². The average molecular weight is 283 g/mol. The zero-order chi connectivity index (χ0) is 14.5. The van der Waals surface area contributed by atoms with Gasteiger partial charge in [-0.1, -0.05) is 13.0 Å². The van der Waals surface area contributed by atoms with Gasteiger partial charge in [0.05, 0.1) is 0 Å². The van der Waals surface area contributed by atoms with E-state index in [0.29, 0.717) is 32.7 Å². The van der Waals surface area contributed by atoms with Gasteiger partial charge in [-0.3, -0.25) is 0 Å². The smallest absolute Gasteiger partial charge is 0.317 e. The summed E-state index contributed by atoms with van der Waals surface area (Å²) in [5.74, 6) is -1.12. The molecular weight excluding hydrogens is 264 g/mol. The van der Waals surface area contributed by atoms with Crippen molar-refractivity contribution in [3.05, 3.63) is 29.8 Å². The zero-order valence-electron chi connectivity index (χ0n) is 11.5. The van der Waals surface area contributed by atoms with Crippen molar-refractivity contribution >= 4 is 11.7 Å². The van der Waals surface area contributed by atoms with Crippen molar-refractivity contribution in [3.8, 4) is 0 Å². The number of piperazine rings is 1. The van der Waals surface area contributed by atoms with Gasteiger partial charge in [0.25, 0.3) is 0 Å². The Labute approximate surface area is 117 Å². The van der Waals surface area contributed by atoms with Gasteiger partial charge < -0.3 is 15.1 Å². The molecule has 1 fully saturated rings. The molecule has 0 unspecified atom stereocenters. The van der Waals surface area contributed by atoms with E-state index in [2.05, 4.69) is 5.32 Å². The molecular formula is C14H19F2N3O. The third-order valence-electron chi connectivity index (χ3n) is 3.35. The molecule has 110 valence electrons. The van der Waals surface area contributed by atoms with Crippen LogP contribution < -0.4 is 10.2 Å². The summed E-state index contributed by atoms with van der Waals surface area (Å²) in [5.41, 5.74) is 0.00103. The van der Waals surface area contributed by atoms with Crippen molar-refractivity contribution in [3.63, 3.8) is 0 Å². The van der Waals surface area contributed by atoms with E-state index in [-0.39, 0.29) is 11.7 Å². The number of carbonyl (C=O) groups is 1. The molecule has 1 aromatic carbocycles. The number of halogens is 2. The normalized spacial score (nSPS) is 15.3. The van der Waals surface area contributed by atoms with Crippen molar-refractivity contribution in [2.24, 2.45) is 0 Å². The number of amides is 2.